The minimum Gasteiger partial charge on any atom is -0.507 e. The van der Waals surface area contributed by atoms with Gasteiger partial charge in [0.05, 0.1) is 27.8 Å². The Morgan fingerprint density at radius 3 is 1.74 bits per heavy atom. The van der Waals surface area contributed by atoms with Crippen LogP contribution in [0.4, 0.5) is 0 Å². The molecule has 0 spiro atoms. The minimum absolute atomic E-state index is 0.189. The molecule has 5 aromatic rings. The molecule has 0 fully saturated rings. The SMILES string of the molecule is O=c1oc2ccccc2c(O)c1C(c1ccc2c(c1)OCCO2)c1c(O)c2ccccc2oc1=O. The third kappa shape index (κ3) is 3.30. The quantitative estimate of drug-likeness (QED) is 0.376. The lowest BCUT2D eigenvalue weighted by Crippen LogP contribution is -2.22. The summed E-state index contributed by atoms with van der Waals surface area (Å²) in [7, 11) is 0. The summed E-state index contributed by atoms with van der Waals surface area (Å²) >= 11 is 0. The van der Waals surface area contributed by atoms with Gasteiger partial charge >= 0.3 is 11.3 Å². The zero-order valence-electron chi connectivity index (χ0n) is 18.2. The predicted octanol–water partition coefficient (Wildman–Crippen LogP) is 4.26. The number of benzene rings is 3. The average Bonchev–Trinajstić information content (AvgIpc) is 2.87. The van der Waals surface area contributed by atoms with Gasteiger partial charge in [-0.2, -0.15) is 0 Å². The fraction of sp³-hybridized carbons (Fsp3) is 0.111. The van der Waals surface area contributed by atoms with Crippen LogP contribution >= 0.6 is 0 Å². The van der Waals surface area contributed by atoms with Crippen LogP contribution in [0.1, 0.15) is 22.6 Å². The summed E-state index contributed by atoms with van der Waals surface area (Å²) in [6.07, 6.45) is 0. The molecular formula is C27H18O8. The Hall–Kier alpha value is -4.72. The molecule has 3 heterocycles. The highest BCUT2D eigenvalue weighted by molar-refractivity contribution is 5.87. The van der Waals surface area contributed by atoms with E-state index in [1.54, 1.807) is 66.7 Å². The molecule has 1 aliphatic heterocycles. The van der Waals surface area contributed by atoms with Crippen LogP contribution in [0.15, 0.2) is 85.2 Å². The Bertz CT molecular complexity index is 1630. The topological polar surface area (TPSA) is 119 Å². The van der Waals surface area contributed by atoms with Crippen molar-refractivity contribution in [2.45, 2.75) is 5.92 Å². The van der Waals surface area contributed by atoms with Crippen LogP contribution in [0.25, 0.3) is 21.9 Å². The molecule has 1 aliphatic rings. The van der Waals surface area contributed by atoms with Crippen LogP contribution in [-0.2, 0) is 0 Å². The lowest BCUT2D eigenvalue weighted by atomic mass is 9.84. The van der Waals surface area contributed by atoms with E-state index in [1.165, 1.54) is 0 Å². The van der Waals surface area contributed by atoms with Crippen LogP contribution in [0.2, 0.25) is 0 Å². The molecule has 0 unspecified atom stereocenters. The lowest BCUT2D eigenvalue weighted by Gasteiger charge is -2.23. The van der Waals surface area contributed by atoms with E-state index in [1.807, 2.05) is 0 Å². The molecular weight excluding hydrogens is 452 g/mol. The molecule has 174 valence electrons. The normalized spacial score (nSPS) is 12.9. The minimum atomic E-state index is -1.23. The van der Waals surface area contributed by atoms with Crippen molar-refractivity contribution in [3.63, 3.8) is 0 Å². The maximum Gasteiger partial charge on any atom is 0.344 e. The smallest absolute Gasteiger partial charge is 0.344 e. The summed E-state index contributed by atoms with van der Waals surface area (Å²) in [6, 6.07) is 17.9. The van der Waals surface area contributed by atoms with Gasteiger partial charge in [-0.15, -0.1) is 0 Å². The monoisotopic (exact) mass is 470 g/mol. The molecule has 2 N–H and O–H groups in total. The van der Waals surface area contributed by atoms with Gasteiger partial charge in [0.15, 0.2) is 11.5 Å². The standard InChI is InChI=1S/C27H18O8/c28-24-15-5-1-3-7-17(15)34-26(30)22(24)21(14-9-10-19-20(13-14)33-12-11-32-19)23-25(29)16-6-2-4-8-18(16)35-27(23)31/h1-10,13,21,28-29H,11-12H2. The number of rotatable bonds is 3. The van der Waals surface area contributed by atoms with Crippen LogP contribution < -0.4 is 20.7 Å². The molecule has 3 aromatic carbocycles. The van der Waals surface area contributed by atoms with Crippen LogP contribution in [0, 0.1) is 0 Å². The molecule has 0 radical (unpaired) electrons. The highest BCUT2D eigenvalue weighted by Gasteiger charge is 2.33. The molecule has 8 heteroatoms. The van der Waals surface area contributed by atoms with E-state index in [2.05, 4.69) is 0 Å². The van der Waals surface area contributed by atoms with Crippen molar-refractivity contribution in [2.75, 3.05) is 13.2 Å². The Morgan fingerprint density at radius 2 is 1.17 bits per heavy atom. The molecule has 0 bridgehead atoms. The number of para-hydroxylation sites is 2. The second-order valence-electron chi connectivity index (χ2n) is 8.13. The van der Waals surface area contributed by atoms with Crippen molar-refractivity contribution in [1.29, 1.82) is 0 Å². The van der Waals surface area contributed by atoms with E-state index >= 15 is 0 Å². The van der Waals surface area contributed by atoms with Gasteiger partial charge in [0.1, 0.15) is 35.9 Å². The first-order valence-electron chi connectivity index (χ1n) is 10.9. The van der Waals surface area contributed by atoms with E-state index < -0.39 is 17.2 Å². The number of hydrogen-bond donors (Lipinski definition) is 2. The number of hydrogen-bond acceptors (Lipinski definition) is 8. The van der Waals surface area contributed by atoms with Gasteiger partial charge < -0.3 is 28.5 Å². The zero-order chi connectivity index (χ0) is 24.1. The van der Waals surface area contributed by atoms with Gasteiger partial charge in [-0.25, -0.2) is 9.59 Å². The van der Waals surface area contributed by atoms with Crippen LogP contribution in [0.3, 0.4) is 0 Å². The van der Waals surface area contributed by atoms with Crippen molar-refractivity contribution in [3.8, 4) is 23.0 Å². The molecule has 0 atom stereocenters. The van der Waals surface area contributed by atoms with Crippen LogP contribution in [0.5, 0.6) is 23.0 Å². The molecule has 0 aliphatic carbocycles. The van der Waals surface area contributed by atoms with Gasteiger partial charge in [0.25, 0.3) is 0 Å². The van der Waals surface area contributed by atoms with Crippen molar-refractivity contribution in [3.05, 3.63) is 104 Å². The Labute approximate surface area is 197 Å². The third-order valence-corrected chi connectivity index (χ3v) is 6.12. The van der Waals surface area contributed by atoms with Crippen LogP contribution in [-0.4, -0.2) is 23.4 Å². The highest BCUT2D eigenvalue weighted by atomic mass is 16.6. The van der Waals surface area contributed by atoms with Gasteiger partial charge in [0, 0.05) is 0 Å². The molecule has 0 amide bonds. The van der Waals surface area contributed by atoms with E-state index in [-0.39, 0.29) is 44.6 Å². The molecule has 8 nitrogen and oxygen atoms in total. The average molecular weight is 470 g/mol. The first-order valence-corrected chi connectivity index (χ1v) is 10.9. The summed E-state index contributed by atoms with van der Waals surface area (Å²) in [6.45, 7) is 0.716. The maximum absolute atomic E-state index is 13.2. The van der Waals surface area contributed by atoms with Gasteiger partial charge in [0.2, 0.25) is 0 Å². The predicted molar refractivity (Wildman–Crippen MR) is 127 cm³/mol. The number of aromatic hydroxyl groups is 2. The Morgan fingerprint density at radius 1 is 0.657 bits per heavy atom. The van der Waals surface area contributed by atoms with Crippen molar-refractivity contribution >= 4 is 21.9 Å². The summed E-state index contributed by atoms with van der Waals surface area (Å²) in [4.78, 5) is 26.4. The maximum atomic E-state index is 13.2. The molecule has 0 saturated heterocycles. The Kier molecular flexibility index (Phi) is 4.74. The van der Waals surface area contributed by atoms with E-state index in [9.17, 15) is 19.8 Å². The molecule has 35 heavy (non-hydrogen) atoms. The summed E-state index contributed by atoms with van der Waals surface area (Å²) in [5.74, 6) is -1.03. The molecule has 2 aromatic heterocycles. The van der Waals surface area contributed by atoms with E-state index in [4.69, 9.17) is 18.3 Å². The second kappa shape index (κ2) is 7.95. The summed E-state index contributed by atoms with van der Waals surface area (Å²) < 4.78 is 22.3. The van der Waals surface area contributed by atoms with E-state index in [0.717, 1.165) is 0 Å². The van der Waals surface area contributed by atoms with E-state index in [0.29, 0.717) is 30.3 Å². The lowest BCUT2D eigenvalue weighted by molar-refractivity contribution is 0.171. The van der Waals surface area contributed by atoms with Crippen molar-refractivity contribution in [1.82, 2.24) is 0 Å². The molecule has 0 saturated carbocycles. The van der Waals surface area contributed by atoms with Gasteiger partial charge in [-0.3, -0.25) is 0 Å². The fourth-order valence-electron chi connectivity index (χ4n) is 4.52. The first kappa shape index (κ1) is 20.9. The number of ether oxygens (including phenoxy) is 2. The van der Waals surface area contributed by atoms with Gasteiger partial charge in [-0.1, -0.05) is 30.3 Å². The van der Waals surface area contributed by atoms with Gasteiger partial charge in [-0.05, 0) is 42.0 Å². The largest absolute Gasteiger partial charge is 0.507 e. The van der Waals surface area contributed by atoms with Crippen molar-refractivity contribution in [2.24, 2.45) is 0 Å². The summed E-state index contributed by atoms with van der Waals surface area (Å²) in [5.41, 5.74) is -1.36. The number of fused-ring (bicyclic) bond motifs is 3. The third-order valence-electron chi connectivity index (χ3n) is 6.12. The first-order chi connectivity index (χ1) is 17.0. The zero-order valence-corrected chi connectivity index (χ0v) is 18.2. The fourth-order valence-corrected chi connectivity index (χ4v) is 4.52. The summed E-state index contributed by atoms with van der Waals surface area (Å²) in [5, 5.41) is 23.0. The Balaban J connectivity index is 1.71. The second-order valence-corrected chi connectivity index (χ2v) is 8.13. The highest BCUT2D eigenvalue weighted by Crippen LogP contribution is 2.44. The van der Waals surface area contributed by atoms with Crippen molar-refractivity contribution < 1.29 is 28.5 Å². The molecule has 6 rings (SSSR count).